The predicted octanol–water partition coefficient (Wildman–Crippen LogP) is 4.78. The Balaban J connectivity index is 1.33. The van der Waals surface area contributed by atoms with Crippen LogP contribution in [-0.4, -0.2) is 44.9 Å². The van der Waals surface area contributed by atoms with Gasteiger partial charge in [0.05, 0.1) is 30.7 Å². The Morgan fingerprint density at radius 3 is 2.70 bits per heavy atom. The zero-order valence-corrected chi connectivity index (χ0v) is 23.2. The maximum absolute atomic E-state index is 13.6. The molecule has 0 spiro atoms. The number of amides is 2. The van der Waals surface area contributed by atoms with Gasteiger partial charge in [-0.3, -0.25) is 14.2 Å². The highest BCUT2D eigenvalue weighted by molar-refractivity contribution is 7.99. The number of carbonyl (C=O) groups excluding carboxylic acids is 3. The first kappa shape index (κ1) is 27.6. The first-order valence-electron chi connectivity index (χ1n) is 12.7. The number of thiophene rings is 1. The van der Waals surface area contributed by atoms with E-state index in [1.54, 1.807) is 29.7 Å². The van der Waals surface area contributed by atoms with E-state index in [-0.39, 0.29) is 30.6 Å². The zero-order valence-electron chi connectivity index (χ0n) is 21.6. The number of thioether (sulfide) groups is 1. The molecule has 0 atom stereocenters. The number of aromatic nitrogens is 3. The van der Waals surface area contributed by atoms with Crippen molar-refractivity contribution in [1.29, 1.82) is 0 Å². The molecule has 0 saturated carbocycles. The second-order valence-electron chi connectivity index (χ2n) is 8.84. The molecule has 208 valence electrons. The van der Waals surface area contributed by atoms with Crippen LogP contribution in [0.5, 0.6) is 0 Å². The molecule has 2 N–H and O–H groups in total. The lowest BCUT2D eigenvalue weighted by molar-refractivity contribution is -0.113. The van der Waals surface area contributed by atoms with Crippen LogP contribution in [0.1, 0.15) is 56.9 Å². The van der Waals surface area contributed by atoms with Crippen LogP contribution in [0, 0.1) is 5.82 Å². The van der Waals surface area contributed by atoms with E-state index >= 15 is 0 Å². The van der Waals surface area contributed by atoms with Crippen molar-refractivity contribution >= 4 is 45.9 Å². The minimum atomic E-state index is -0.429. The topological polar surface area (TPSA) is 128 Å². The van der Waals surface area contributed by atoms with Gasteiger partial charge in [0.15, 0.2) is 16.7 Å². The Morgan fingerprint density at radius 1 is 1.15 bits per heavy atom. The van der Waals surface area contributed by atoms with E-state index in [0.717, 1.165) is 47.9 Å². The number of furan rings is 1. The van der Waals surface area contributed by atoms with Gasteiger partial charge < -0.3 is 19.8 Å². The maximum atomic E-state index is 13.6. The van der Waals surface area contributed by atoms with Crippen molar-refractivity contribution in [3.63, 3.8) is 0 Å². The fourth-order valence-electron chi connectivity index (χ4n) is 4.38. The number of nitrogens with zero attached hydrogens (tertiary/aromatic N) is 3. The fourth-order valence-corrected chi connectivity index (χ4v) is 6.44. The van der Waals surface area contributed by atoms with Crippen molar-refractivity contribution in [2.24, 2.45) is 0 Å². The van der Waals surface area contributed by atoms with Gasteiger partial charge in [-0.05, 0) is 74.6 Å². The van der Waals surface area contributed by atoms with E-state index in [1.165, 1.54) is 35.8 Å². The van der Waals surface area contributed by atoms with Crippen molar-refractivity contribution in [1.82, 2.24) is 20.1 Å². The van der Waals surface area contributed by atoms with Crippen molar-refractivity contribution in [2.45, 2.75) is 44.3 Å². The number of hydrogen-bond donors (Lipinski definition) is 2. The molecule has 2 amide bonds. The third-order valence-electron chi connectivity index (χ3n) is 6.17. The number of rotatable bonds is 10. The highest BCUT2D eigenvalue weighted by Gasteiger charge is 2.27. The minimum Gasteiger partial charge on any atom is -0.462 e. The Labute approximate surface area is 237 Å². The number of anilines is 1. The van der Waals surface area contributed by atoms with E-state index in [1.807, 2.05) is 0 Å². The first-order chi connectivity index (χ1) is 19.4. The first-order valence-corrected chi connectivity index (χ1v) is 14.5. The summed E-state index contributed by atoms with van der Waals surface area (Å²) < 4.78 is 25.7. The van der Waals surface area contributed by atoms with Crippen LogP contribution in [0.4, 0.5) is 9.39 Å². The molecule has 4 aromatic rings. The van der Waals surface area contributed by atoms with Gasteiger partial charge in [-0.2, -0.15) is 0 Å². The highest BCUT2D eigenvalue weighted by atomic mass is 32.2. The molecule has 0 saturated heterocycles. The van der Waals surface area contributed by atoms with Crippen LogP contribution < -0.4 is 10.6 Å². The second kappa shape index (κ2) is 12.5. The predicted molar refractivity (Wildman–Crippen MR) is 147 cm³/mol. The molecule has 40 heavy (non-hydrogen) atoms. The average Bonchev–Trinajstić information content (AvgIpc) is 3.70. The summed E-state index contributed by atoms with van der Waals surface area (Å²) in [5.41, 5.74) is 1.98. The summed E-state index contributed by atoms with van der Waals surface area (Å²) >= 11 is 2.55. The van der Waals surface area contributed by atoms with Crippen LogP contribution in [-0.2, 0) is 28.9 Å². The molecule has 3 heterocycles. The zero-order chi connectivity index (χ0) is 28.1. The van der Waals surface area contributed by atoms with Gasteiger partial charge in [-0.1, -0.05) is 11.8 Å². The molecule has 1 aliphatic rings. The number of carbonyl (C=O) groups is 3. The van der Waals surface area contributed by atoms with Crippen molar-refractivity contribution in [3.05, 3.63) is 76.1 Å². The Kier molecular flexibility index (Phi) is 8.60. The monoisotopic (exact) mass is 583 g/mol. The molecule has 0 aliphatic heterocycles. The molecule has 13 heteroatoms. The summed E-state index contributed by atoms with van der Waals surface area (Å²) in [5.74, 6) is -1.08. The summed E-state index contributed by atoms with van der Waals surface area (Å²) in [4.78, 5) is 39.2. The molecule has 1 aliphatic carbocycles. The molecule has 3 aromatic heterocycles. The third kappa shape index (κ3) is 6.10. The molecular formula is C27H26FN5O5S2. The molecule has 10 nitrogen and oxygen atoms in total. The van der Waals surface area contributed by atoms with Crippen molar-refractivity contribution < 1.29 is 27.9 Å². The van der Waals surface area contributed by atoms with E-state index in [2.05, 4.69) is 20.8 Å². The lowest BCUT2D eigenvalue weighted by Crippen LogP contribution is -2.24. The largest absolute Gasteiger partial charge is 0.462 e. The quantitative estimate of drug-likeness (QED) is 0.202. The van der Waals surface area contributed by atoms with Gasteiger partial charge >= 0.3 is 5.97 Å². The standard InChI is InChI=1S/C27H26FN5O5S2/c1-2-37-26(36)23-18-6-3-4-8-20(18)40-25(23)30-22(34)15-39-27-32-31-21(14-29-24(35)19-7-5-13-38-19)33(27)17-11-9-16(28)10-12-17/h5,7,9-13H,2-4,6,8,14-15H2,1H3,(H,29,35)(H,30,34). The SMILES string of the molecule is CCOC(=O)c1c(NC(=O)CSc2nnc(CNC(=O)c3ccco3)n2-c2ccc(F)cc2)sc2c1CCCC2. The van der Waals surface area contributed by atoms with Crippen molar-refractivity contribution in [2.75, 3.05) is 17.7 Å². The maximum Gasteiger partial charge on any atom is 0.341 e. The molecule has 5 rings (SSSR count). The average molecular weight is 584 g/mol. The number of nitrogens with one attached hydrogen (secondary N) is 2. The van der Waals surface area contributed by atoms with Gasteiger partial charge in [0.25, 0.3) is 5.91 Å². The number of esters is 1. The second-order valence-corrected chi connectivity index (χ2v) is 10.9. The van der Waals surface area contributed by atoms with Crippen molar-refractivity contribution in [3.8, 4) is 5.69 Å². The van der Waals surface area contributed by atoms with E-state index < -0.39 is 17.7 Å². The fraction of sp³-hybridized carbons (Fsp3) is 0.296. The van der Waals surface area contributed by atoms with E-state index in [9.17, 15) is 18.8 Å². The molecular weight excluding hydrogens is 557 g/mol. The number of ether oxygens (including phenoxy) is 1. The molecule has 0 bridgehead atoms. The molecule has 0 radical (unpaired) electrons. The molecule has 0 unspecified atom stereocenters. The number of aryl methyl sites for hydroxylation is 1. The third-order valence-corrected chi connectivity index (χ3v) is 8.31. The van der Waals surface area contributed by atoms with E-state index in [0.29, 0.717) is 27.2 Å². The summed E-state index contributed by atoms with van der Waals surface area (Å²) in [7, 11) is 0. The summed E-state index contributed by atoms with van der Waals surface area (Å²) in [6.07, 6.45) is 5.09. The summed E-state index contributed by atoms with van der Waals surface area (Å²) in [5, 5.41) is 14.9. The Morgan fingerprint density at radius 2 is 1.95 bits per heavy atom. The smallest absolute Gasteiger partial charge is 0.341 e. The lowest BCUT2D eigenvalue weighted by atomic mass is 9.95. The molecule has 1 aromatic carbocycles. The van der Waals surface area contributed by atoms with Gasteiger partial charge in [0.2, 0.25) is 5.91 Å². The normalized spacial score (nSPS) is 12.6. The Hall–Kier alpha value is -3.97. The lowest BCUT2D eigenvalue weighted by Gasteiger charge is -2.12. The van der Waals surface area contributed by atoms with Crippen LogP contribution in [0.2, 0.25) is 0 Å². The number of fused-ring (bicyclic) bond motifs is 1. The minimum absolute atomic E-state index is 0.0142. The summed E-state index contributed by atoms with van der Waals surface area (Å²) in [6.45, 7) is 2.01. The van der Waals surface area contributed by atoms with Crippen LogP contribution >= 0.6 is 23.1 Å². The number of hydrogen-bond acceptors (Lipinski definition) is 9. The molecule has 0 fully saturated rings. The Bertz CT molecular complexity index is 1510. The summed E-state index contributed by atoms with van der Waals surface area (Å²) in [6, 6.07) is 8.87. The van der Waals surface area contributed by atoms with E-state index in [4.69, 9.17) is 9.15 Å². The number of halogens is 1. The van der Waals surface area contributed by atoms with Gasteiger partial charge in [-0.15, -0.1) is 21.5 Å². The van der Waals surface area contributed by atoms with Gasteiger partial charge in [0.1, 0.15) is 10.8 Å². The van der Waals surface area contributed by atoms with Gasteiger partial charge in [-0.25, -0.2) is 9.18 Å². The van der Waals surface area contributed by atoms with Gasteiger partial charge in [0, 0.05) is 10.6 Å². The van der Waals surface area contributed by atoms with Crippen LogP contribution in [0.25, 0.3) is 5.69 Å². The number of benzene rings is 1. The highest BCUT2D eigenvalue weighted by Crippen LogP contribution is 2.38. The van der Waals surface area contributed by atoms with Crippen LogP contribution in [0.3, 0.4) is 0 Å². The van der Waals surface area contributed by atoms with Crippen LogP contribution in [0.15, 0.2) is 52.2 Å².